The molecule has 24 heavy (non-hydrogen) atoms. The molecule has 0 saturated heterocycles. The lowest BCUT2D eigenvalue weighted by Gasteiger charge is -2.13. The van der Waals surface area contributed by atoms with E-state index in [1.54, 1.807) is 25.1 Å². The van der Waals surface area contributed by atoms with Crippen LogP contribution in [0.1, 0.15) is 30.8 Å². The SMILES string of the molecule is C[C@@H](C(=O)NCCCc1nn[nH]n1)c1n[nH]c(=O)c2ccccc12. The molecule has 0 saturated carbocycles. The molecule has 1 amide bonds. The summed E-state index contributed by atoms with van der Waals surface area (Å²) in [5.41, 5.74) is 0.294. The van der Waals surface area contributed by atoms with Crippen LogP contribution in [-0.4, -0.2) is 43.3 Å². The number of rotatable bonds is 6. The van der Waals surface area contributed by atoms with E-state index in [1.807, 2.05) is 6.07 Å². The van der Waals surface area contributed by atoms with Gasteiger partial charge in [-0.1, -0.05) is 23.4 Å². The van der Waals surface area contributed by atoms with E-state index in [0.717, 1.165) is 0 Å². The molecule has 3 aromatic rings. The van der Waals surface area contributed by atoms with E-state index in [4.69, 9.17) is 0 Å². The second-order valence-electron chi connectivity index (χ2n) is 5.43. The van der Waals surface area contributed by atoms with E-state index in [-0.39, 0.29) is 11.5 Å². The molecular formula is C15H17N7O2. The number of aryl methyl sites for hydroxylation is 1. The molecule has 3 N–H and O–H groups in total. The Hall–Kier alpha value is -3.10. The minimum Gasteiger partial charge on any atom is -0.356 e. The molecule has 0 aliphatic carbocycles. The van der Waals surface area contributed by atoms with Gasteiger partial charge in [0.05, 0.1) is 17.0 Å². The predicted octanol–water partition coefficient (Wildman–Crippen LogP) is 0.289. The number of carbonyl (C=O) groups is 1. The van der Waals surface area contributed by atoms with E-state index in [9.17, 15) is 9.59 Å². The van der Waals surface area contributed by atoms with E-state index in [1.165, 1.54) is 0 Å². The topological polar surface area (TPSA) is 129 Å². The fourth-order valence-electron chi connectivity index (χ4n) is 2.49. The van der Waals surface area contributed by atoms with Gasteiger partial charge in [0.15, 0.2) is 5.82 Å². The minimum absolute atomic E-state index is 0.146. The van der Waals surface area contributed by atoms with E-state index >= 15 is 0 Å². The van der Waals surface area contributed by atoms with Gasteiger partial charge in [-0.3, -0.25) is 9.59 Å². The molecule has 9 heteroatoms. The third kappa shape index (κ3) is 3.29. The number of hydrogen-bond donors (Lipinski definition) is 3. The van der Waals surface area contributed by atoms with Crippen LogP contribution >= 0.6 is 0 Å². The Morgan fingerprint density at radius 2 is 2.04 bits per heavy atom. The summed E-state index contributed by atoms with van der Waals surface area (Å²) in [4.78, 5) is 24.1. The van der Waals surface area contributed by atoms with Crippen molar-refractivity contribution in [1.29, 1.82) is 0 Å². The Kier molecular flexibility index (Phi) is 4.59. The summed E-state index contributed by atoms with van der Waals surface area (Å²) in [6, 6.07) is 7.12. The number of hydrogen-bond acceptors (Lipinski definition) is 6. The summed E-state index contributed by atoms with van der Waals surface area (Å²) in [6.45, 7) is 2.26. The molecule has 0 radical (unpaired) electrons. The smallest absolute Gasteiger partial charge is 0.272 e. The van der Waals surface area contributed by atoms with Crippen LogP contribution in [0.2, 0.25) is 0 Å². The highest BCUT2D eigenvalue weighted by Crippen LogP contribution is 2.20. The number of fused-ring (bicyclic) bond motifs is 1. The molecule has 0 aliphatic heterocycles. The second kappa shape index (κ2) is 6.99. The molecular weight excluding hydrogens is 310 g/mol. The number of aromatic amines is 2. The fourth-order valence-corrected chi connectivity index (χ4v) is 2.49. The van der Waals surface area contributed by atoms with Crippen LogP contribution in [0.4, 0.5) is 0 Å². The highest BCUT2D eigenvalue weighted by Gasteiger charge is 2.19. The molecule has 9 nitrogen and oxygen atoms in total. The maximum Gasteiger partial charge on any atom is 0.272 e. The van der Waals surface area contributed by atoms with Crippen LogP contribution < -0.4 is 10.9 Å². The first-order chi connectivity index (χ1) is 11.7. The van der Waals surface area contributed by atoms with E-state index in [0.29, 0.717) is 41.7 Å². The normalized spacial score (nSPS) is 12.2. The summed E-state index contributed by atoms with van der Waals surface area (Å²) in [7, 11) is 0. The fraction of sp³-hybridized carbons (Fsp3) is 0.333. The van der Waals surface area contributed by atoms with Crippen molar-refractivity contribution in [3.05, 3.63) is 46.1 Å². The number of tetrazole rings is 1. The zero-order chi connectivity index (χ0) is 16.9. The number of nitrogens with one attached hydrogen (secondary N) is 3. The first-order valence-corrected chi connectivity index (χ1v) is 7.64. The third-order valence-corrected chi connectivity index (χ3v) is 3.79. The van der Waals surface area contributed by atoms with Crippen LogP contribution in [0.3, 0.4) is 0 Å². The van der Waals surface area contributed by atoms with Crippen LogP contribution in [0.5, 0.6) is 0 Å². The summed E-state index contributed by atoms with van der Waals surface area (Å²) in [5.74, 6) is -0.00432. The average molecular weight is 327 g/mol. The molecule has 124 valence electrons. The lowest BCUT2D eigenvalue weighted by atomic mass is 10.0. The van der Waals surface area contributed by atoms with Crippen molar-refractivity contribution in [2.45, 2.75) is 25.7 Å². The van der Waals surface area contributed by atoms with Gasteiger partial charge < -0.3 is 5.32 Å². The minimum atomic E-state index is -0.475. The molecule has 2 heterocycles. The number of benzene rings is 1. The standard InChI is InChI=1S/C15H17N7O2/c1-9(14(23)16-8-4-7-12-17-21-22-18-12)13-10-5-2-3-6-11(10)15(24)20-19-13/h2-3,5-6,9H,4,7-8H2,1H3,(H,16,23)(H,20,24)(H,17,18,21,22)/t9-/m1/s1. The van der Waals surface area contributed by atoms with Gasteiger partial charge in [-0.2, -0.15) is 10.3 Å². The number of aromatic nitrogens is 6. The monoisotopic (exact) mass is 327 g/mol. The van der Waals surface area contributed by atoms with E-state index in [2.05, 4.69) is 36.1 Å². The lowest BCUT2D eigenvalue weighted by Crippen LogP contribution is -2.30. The highest BCUT2D eigenvalue weighted by molar-refractivity contribution is 5.90. The molecule has 0 bridgehead atoms. The molecule has 0 aliphatic rings. The van der Waals surface area contributed by atoms with Crippen LogP contribution in [0.15, 0.2) is 29.1 Å². The Bertz CT molecular complexity index is 888. The van der Waals surface area contributed by atoms with Gasteiger partial charge in [0.25, 0.3) is 5.56 Å². The summed E-state index contributed by atoms with van der Waals surface area (Å²) in [6.07, 6.45) is 1.34. The molecule has 2 aromatic heterocycles. The van der Waals surface area contributed by atoms with Gasteiger partial charge in [-0.15, -0.1) is 10.2 Å². The average Bonchev–Trinajstić information content (AvgIpc) is 3.12. The predicted molar refractivity (Wildman–Crippen MR) is 86.3 cm³/mol. The molecule has 0 fully saturated rings. The van der Waals surface area contributed by atoms with Gasteiger partial charge in [-0.25, -0.2) is 5.10 Å². The first-order valence-electron chi connectivity index (χ1n) is 7.64. The number of amides is 1. The molecule has 0 spiro atoms. The molecule has 1 aromatic carbocycles. The van der Waals surface area contributed by atoms with Crippen molar-refractivity contribution in [1.82, 2.24) is 36.1 Å². The van der Waals surface area contributed by atoms with Crippen molar-refractivity contribution in [2.75, 3.05) is 6.54 Å². The zero-order valence-electron chi connectivity index (χ0n) is 13.1. The maximum absolute atomic E-state index is 12.3. The Labute approximate surface area is 136 Å². The van der Waals surface area contributed by atoms with Gasteiger partial charge >= 0.3 is 0 Å². The Balaban J connectivity index is 1.65. The van der Waals surface area contributed by atoms with Crippen molar-refractivity contribution in [3.63, 3.8) is 0 Å². The Morgan fingerprint density at radius 1 is 1.25 bits per heavy atom. The number of nitrogens with zero attached hydrogens (tertiary/aromatic N) is 4. The van der Waals surface area contributed by atoms with E-state index < -0.39 is 5.92 Å². The van der Waals surface area contributed by atoms with Gasteiger partial charge in [0.1, 0.15) is 0 Å². The number of carbonyl (C=O) groups excluding carboxylic acids is 1. The third-order valence-electron chi connectivity index (χ3n) is 3.79. The summed E-state index contributed by atoms with van der Waals surface area (Å²) < 4.78 is 0. The van der Waals surface area contributed by atoms with Crippen molar-refractivity contribution in [2.24, 2.45) is 0 Å². The zero-order valence-corrected chi connectivity index (χ0v) is 13.1. The van der Waals surface area contributed by atoms with Gasteiger partial charge in [-0.05, 0) is 19.4 Å². The highest BCUT2D eigenvalue weighted by atomic mass is 16.2. The van der Waals surface area contributed by atoms with Crippen LogP contribution in [-0.2, 0) is 11.2 Å². The Morgan fingerprint density at radius 3 is 2.79 bits per heavy atom. The van der Waals surface area contributed by atoms with Crippen molar-refractivity contribution >= 4 is 16.7 Å². The van der Waals surface area contributed by atoms with Crippen molar-refractivity contribution < 1.29 is 4.79 Å². The molecule has 3 rings (SSSR count). The van der Waals surface area contributed by atoms with Crippen molar-refractivity contribution in [3.8, 4) is 0 Å². The van der Waals surface area contributed by atoms with Crippen LogP contribution in [0, 0.1) is 0 Å². The largest absolute Gasteiger partial charge is 0.356 e. The summed E-state index contributed by atoms with van der Waals surface area (Å²) in [5, 5.41) is 24.2. The van der Waals surface area contributed by atoms with Crippen LogP contribution in [0.25, 0.3) is 10.8 Å². The van der Waals surface area contributed by atoms with Gasteiger partial charge in [0.2, 0.25) is 5.91 Å². The second-order valence-corrected chi connectivity index (χ2v) is 5.43. The quantitative estimate of drug-likeness (QED) is 0.558. The molecule has 0 unspecified atom stereocenters. The lowest BCUT2D eigenvalue weighted by molar-refractivity contribution is -0.122. The summed E-state index contributed by atoms with van der Waals surface area (Å²) >= 11 is 0. The first kappa shape index (κ1) is 15.8. The molecule has 1 atom stereocenters. The van der Waals surface area contributed by atoms with Gasteiger partial charge in [0, 0.05) is 18.4 Å². The number of H-pyrrole nitrogens is 2. The maximum atomic E-state index is 12.3.